The Balaban J connectivity index is 1.84. The number of aryl methyl sites for hydroxylation is 1. The number of hydrogen-bond donors (Lipinski definition) is 2. The van der Waals surface area contributed by atoms with E-state index >= 15 is 0 Å². The van der Waals surface area contributed by atoms with Crippen molar-refractivity contribution >= 4 is 34.2 Å². The minimum absolute atomic E-state index is 0.00544. The Labute approximate surface area is 139 Å². The van der Waals surface area contributed by atoms with E-state index in [-0.39, 0.29) is 11.9 Å². The number of carbonyl (C=O) groups is 1. The summed E-state index contributed by atoms with van der Waals surface area (Å²) in [5.74, 6) is -0.00544. The monoisotopic (exact) mass is 394 g/mol. The van der Waals surface area contributed by atoms with E-state index in [9.17, 15) is 4.79 Å². The van der Waals surface area contributed by atoms with Crippen LogP contribution in [0, 0.1) is 10.5 Å². The molecular formula is C17H19IN2O. The van der Waals surface area contributed by atoms with E-state index in [0.717, 1.165) is 11.3 Å². The molecule has 0 fully saturated rings. The lowest BCUT2D eigenvalue weighted by atomic mass is 10.1. The summed E-state index contributed by atoms with van der Waals surface area (Å²) in [6.07, 6.45) is 0. The molecule has 2 N–H and O–H groups in total. The average molecular weight is 394 g/mol. The molecule has 2 aromatic carbocycles. The molecule has 0 aliphatic carbocycles. The first-order chi connectivity index (χ1) is 10.0. The molecular weight excluding hydrogens is 375 g/mol. The second-order valence-corrected chi connectivity index (χ2v) is 6.32. The molecule has 0 bridgehead atoms. The summed E-state index contributed by atoms with van der Waals surface area (Å²) in [7, 11) is 0. The van der Waals surface area contributed by atoms with Crippen LogP contribution in [-0.4, -0.2) is 11.9 Å². The summed E-state index contributed by atoms with van der Waals surface area (Å²) in [5, 5.41) is 6.15. The second kappa shape index (κ2) is 7.45. The van der Waals surface area contributed by atoms with Gasteiger partial charge in [0.1, 0.15) is 6.04 Å². The van der Waals surface area contributed by atoms with Crippen molar-refractivity contribution in [3.05, 3.63) is 63.2 Å². The topological polar surface area (TPSA) is 41.1 Å². The summed E-state index contributed by atoms with van der Waals surface area (Å²) in [4.78, 5) is 12.1. The lowest BCUT2D eigenvalue weighted by molar-refractivity contribution is -0.121. The van der Waals surface area contributed by atoms with E-state index < -0.39 is 0 Å². The van der Waals surface area contributed by atoms with Crippen molar-refractivity contribution in [3.63, 3.8) is 0 Å². The van der Waals surface area contributed by atoms with E-state index in [1.165, 1.54) is 9.13 Å². The van der Waals surface area contributed by atoms with E-state index in [1.807, 2.05) is 43.3 Å². The highest BCUT2D eigenvalue weighted by Crippen LogP contribution is 2.12. The molecule has 0 saturated carbocycles. The quantitative estimate of drug-likeness (QED) is 0.760. The predicted octanol–water partition coefficient (Wildman–Crippen LogP) is 3.72. The first-order valence-electron chi connectivity index (χ1n) is 6.90. The maximum absolute atomic E-state index is 12.1. The lowest BCUT2D eigenvalue weighted by Crippen LogP contribution is -2.37. The highest BCUT2D eigenvalue weighted by molar-refractivity contribution is 14.1. The Morgan fingerprint density at radius 1 is 1.10 bits per heavy atom. The van der Waals surface area contributed by atoms with Gasteiger partial charge in [-0.1, -0.05) is 29.8 Å². The normalized spacial score (nSPS) is 11.8. The molecule has 0 aromatic heterocycles. The van der Waals surface area contributed by atoms with Crippen LogP contribution in [0.2, 0.25) is 0 Å². The molecule has 110 valence electrons. The van der Waals surface area contributed by atoms with Gasteiger partial charge in [-0.3, -0.25) is 4.79 Å². The molecule has 3 nitrogen and oxygen atoms in total. The maximum atomic E-state index is 12.1. The van der Waals surface area contributed by atoms with Gasteiger partial charge in [0.25, 0.3) is 0 Å². The van der Waals surface area contributed by atoms with Gasteiger partial charge in [0.2, 0.25) is 5.91 Å². The molecule has 2 aromatic rings. The average Bonchev–Trinajstić information content (AvgIpc) is 2.48. The Morgan fingerprint density at radius 2 is 1.71 bits per heavy atom. The molecule has 1 atom stereocenters. The van der Waals surface area contributed by atoms with Crippen molar-refractivity contribution in [3.8, 4) is 0 Å². The number of halogens is 1. The first kappa shape index (κ1) is 15.8. The minimum atomic E-state index is -0.268. The first-order valence-corrected chi connectivity index (χ1v) is 7.98. The molecule has 0 saturated heterocycles. The van der Waals surface area contributed by atoms with Crippen LogP contribution >= 0.6 is 22.6 Å². The van der Waals surface area contributed by atoms with Gasteiger partial charge in [-0.2, -0.15) is 0 Å². The van der Waals surface area contributed by atoms with Crippen molar-refractivity contribution in [2.24, 2.45) is 0 Å². The van der Waals surface area contributed by atoms with E-state index in [1.54, 1.807) is 0 Å². The predicted molar refractivity (Wildman–Crippen MR) is 95.3 cm³/mol. The highest BCUT2D eigenvalue weighted by Gasteiger charge is 2.11. The number of benzene rings is 2. The van der Waals surface area contributed by atoms with Crippen molar-refractivity contribution in [1.82, 2.24) is 5.32 Å². The number of rotatable bonds is 5. The summed E-state index contributed by atoms with van der Waals surface area (Å²) in [6, 6.07) is 15.9. The fourth-order valence-electron chi connectivity index (χ4n) is 1.91. The van der Waals surface area contributed by atoms with Crippen molar-refractivity contribution in [2.45, 2.75) is 26.4 Å². The minimum Gasteiger partial charge on any atom is -0.374 e. The summed E-state index contributed by atoms with van der Waals surface area (Å²) < 4.78 is 1.18. The molecule has 0 spiro atoms. The third kappa shape index (κ3) is 5.04. The maximum Gasteiger partial charge on any atom is 0.242 e. The van der Waals surface area contributed by atoms with Crippen LogP contribution in [0.15, 0.2) is 48.5 Å². The fraction of sp³-hybridized carbons (Fsp3) is 0.235. The number of anilines is 1. The van der Waals surface area contributed by atoms with Crippen LogP contribution in [0.5, 0.6) is 0 Å². The third-order valence-electron chi connectivity index (χ3n) is 3.21. The molecule has 1 amide bonds. The largest absolute Gasteiger partial charge is 0.374 e. The smallest absolute Gasteiger partial charge is 0.242 e. The zero-order valence-electron chi connectivity index (χ0n) is 12.2. The van der Waals surface area contributed by atoms with Gasteiger partial charge in [-0.05, 0) is 66.3 Å². The number of amides is 1. The Morgan fingerprint density at radius 3 is 2.33 bits per heavy atom. The molecule has 21 heavy (non-hydrogen) atoms. The van der Waals surface area contributed by atoms with Crippen LogP contribution in [-0.2, 0) is 11.3 Å². The lowest BCUT2D eigenvalue weighted by Gasteiger charge is -2.15. The van der Waals surface area contributed by atoms with Gasteiger partial charge >= 0.3 is 0 Å². The van der Waals surface area contributed by atoms with Gasteiger partial charge in [0.15, 0.2) is 0 Å². The molecule has 0 unspecified atom stereocenters. The zero-order chi connectivity index (χ0) is 15.2. The molecule has 2 rings (SSSR count). The van der Waals surface area contributed by atoms with Crippen molar-refractivity contribution in [1.29, 1.82) is 0 Å². The molecule has 0 heterocycles. The van der Waals surface area contributed by atoms with Crippen LogP contribution in [0.4, 0.5) is 5.69 Å². The number of nitrogens with one attached hydrogen (secondary N) is 2. The molecule has 4 heteroatoms. The third-order valence-corrected chi connectivity index (χ3v) is 3.93. The molecule has 0 aliphatic heterocycles. The van der Waals surface area contributed by atoms with E-state index in [2.05, 4.69) is 52.3 Å². The van der Waals surface area contributed by atoms with Gasteiger partial charge in [-0.15, -0.1) is 0 Å². The SMILES string of the molecule is Cc1ccc(CNC(=O)[C@@H](C)Nc2ccc(I)cc2)cc1. The van der Waals surface area contributed by atoms with E-state index in [4.69, 9.17) is 0 Å². The Bertz CT molecular complexity index is 593. The van der Waals surface area contributed by atoms with Crippen LogP contribution in [0.3, 0.4) is 0 Å². The Kier molecular flexibility index (Phi) is 5.61. The van der Waals surface area contributed by atoms with Gasteiger partial charge in [-0.25, -0.2) is 0 Å². The fourth-order valence-corrected chi connectivity index (χ4v) is 2.27. The highest BCUT2D eigenvalue weighted by atomic mass is 127. The van der Waals surface area contributed by atoms with Gasteiger partial charge in [0, 0.05) is 15.8 Å². The van der Waals surface area contributed by atoms with E-state index in [0.29, 0.717) is 6.54 Å². The van der Waals surface area contributed by atoms with Crippen LogP contribution in [0.25, 0.3) is 0 Å². The van der Waals surface area contributed by atoms with Gasteiger partial charge < -0.3 is 10.6 Å². The van der Waals surface area contributed by atoms with Gasteiger partial charge in [0.05, 0.1) is 0 Å². The second-order valence-electron chi connectivity index (χ2n) is 5.08. The van der Waals surface area contributed by atoms with Crippen molar-refractivity contribution in [2.75, 3.05) is 5.32 Å². The standard InChI is InChI=1S/C17H19IN2O/c1-12-3-5-14(6-4-12)11-19-17(21)13(2)20-16-9-7-15(18)8-10-16/h3-10,13,20H,11H2,1-2H3,(H,19,21)/t13-/m1/s1. The number of hydrogen-bond acceptors (Lipinski definition) is 2. The summed E-state index contributed by atoms with van der Waals surface area (Å²) in [6.45, 7) is 4.47. The summed E-state index contributed by atoms with van der Waals surface area (Å²) >= 11 is 2.26. The number of carbonyl (C=O) groups excluding carboxylic acids is 1. The summed E-state index contributed by atoms with van der Waals surface area (Å²) in [5.41, 5.74) is 3.28. The van der Waals surface area contributed by atoms with Crippen molar-refractivity contribution < 1.29 is 4.79 Å². The molecule has 0 radical (unpaired) electrons. The van der Waals surface area contributed by atoms with Crippen LogP contribution in [0.1, 0.15) is 18.1 Å². The zero-order valence-corrected chi connectivity index (χ0v) is 14.3. The Hall–Kier alpha value is -1.56. The molecule has 0 aliphatic rings. The van der Waals surface area contributed by atoms with Crippen LogP contribution < -0.4 is 10.6 Å².